The van der Waals surface area contributed by atoms with Gasteiger partial charge in [0.15, 0.2) is 6.61 Å². The average molecular weight is 353 g/mol. The number of hydrogen-bond donors (Lipinski definition) is 0. The van der Waals surface area contributed by atoms with Gasteiger partial charge in [-0.05, 0) is 42.3 Å². The molecule has 0 amide bonds. The van der Waals surface area contributed by atoms with Gasteiger partial charge in [-0.3, -0.25) is 5.01 Å². The summed E-state index contributed by atoms with van der Waals surface area (Å²) in [6.07, 6.45) is 4.02. The highest BCUT2D eigenvalue weighted by Crippen LogP contribution is 2.17. The first-order valence-electron chi connectivity index (χ1n) is 8.32. The van der Waals surface area contributed by atoms with E-state index in [0.717, 1.165) is 16.8 Å². The summed E-state index contributed by atoms with van der Waals surface area (Å²) >= 11 is 0. The summed E-state index contributed by atoms with van der Waals surface area (Å²) in [5, 5.41) is 9.71. The van der Waals surface area contributed by atoms with Crippen LogP contribution in [0.2, 0.25) is 0 Å². The topological polar surface area (TPSA) is 63.5 Å². The zero-order chi connectivity index (χ0) is 18.8. The summed E-state index contributed by atoms with van der Waals surface area (Å²) in [5.41, 5.74) is 2.90. The van der Waals surface area contributed by atoms with Crippen molar-refractivity contribution in [3.8, 4) is 5.75 Å². The molecule has 2 rings (SSSR count). The van der Waals surface area contributed by atoms with Crippen LogP contribution < -0.4 is 4.74 Å². The second kappa shape index (κ2) is 9.98. The van der Waals surface area contributed by atoms with Gasteiger partial charge in [-0.1, -0.05) is 41.6 Å². The smallest absolute Gasteiger partial charge is 0.344 e. The maximum Gasteiger partial charge on any atom is 0.344 e. The van der Waals surface area contributed by atoms with Crippen LogP contribution in [0.25, 0.3) is 12.2 Å². The molecule has 26 heavy (non-hydrogen) atoms. The number of nitrogens with zero attached hydrogens (tertiary/aromatic N) is 3. The van der Waals surface area contributed by atoms with Crippen LogP contribution in [0.15, 0.2) is 58.9 Å². The van der Waals surface area contributed by atoms with E-state index in [4.69, 9.17) is 9.47 Å². The normalized spacial score (nSPS) is 11.0. The summed E-state index contributed by atoms with van der Waals surface area (Å²) in [6, 6.07) is 15.3. The van der Waals surface area contributed by atoms with Crippen LogP contribution in [0.4, 0.5) is 5.69 Å². The number of ether oxygens (including phenoxy) is 2. The van der Waals surface area contributed by atoms with Crippen LogP contribution in [0.3, 0.4) is 0 Å². The van der Waals surface area contributed by atoms with E-state index < -0.39 is 0 Å². The highest BCUT2D eigenvalue weighted by atomic mass is 16.6. The van der Waals surface area contributed by atoms with Gasteiger partial charge < -0.3 is 9.47 Å². The molecule has 2 aromatic rings. The lowest BCUT2D eigenvalue weighted by molar-refractivity contribution is -0.145. The molecule has 0 aromatic heterocycles. The van der Waals surface area contributed by atoms with Crippen molar-refractivity contribution in [2.45, 2.75) is 6.92 Å². The molecular weight excluding hydrogens is 330 g/mol. The third-order valence-corrected chi connectivity index (χ3v) is 3.24. The summed E-state index contributed by atoms with van der Waals surface area (Å²) < 4.78 is 10.2. The molecule has 2 aromatic carbocycles. The zero-order valence-corrected chi connectivity index (χ0v) is 15.3. The molecule has 0 N–H and O–H groups in total. The van der Waals surface area contributed by atoms with Crippen molar-refractivity contribution in [3.05, 3.63) is 59.7 Å². The number of benzene rings is 2. The molecule has 136 valence electrons. The standard InChI is InChI=1S/C20H23N3O3/c1-4-25-20(24)15-26-19-13-9-17(10-14-19)6-5-16-7-11-18(12-8-16)21-22-23(2)3/h5-14H,4,15H2,1-3H3/b6-5+,22-21+. The minimum absolute atomic E-state index is 0.0828. The maximum atomic E-state index is 11.3. The van der Waals surface area contributed by atoms with Crippen molar-refractivity contribution in [3.63, 3.8) is 0 Å². The summed E-state index contributed by atoms with van der Waals surface area (Å²) in [7, 11) is 3.65. The Kier molecular flexibility index (Phi) is 7.36. The van der Waals surface area contributed by atoms with E-state index in [1.165, 1.54) is 0 Å². The van der Waals surface area contributed by atoms with Crippen molar-refractivity contribution in [1.29, 1.82) is 0 Å². The van der Waals surface area contributed by atoms with Crippen molar-refractivity contribution >= 4 is 23.8 Å². The molecule has 0 aliphatic heterocycles. The Bertz CT molecular complexity index is 751. The third kappa shape index (κ3) is 6.76. The Labute approximate surface area is 153 Å². The summed E-state index contributed by atoms with van der Waals surface area (Å²) in [5.74, 6) is 0.260. The fraction of sp³-hybridized carbons (Fsp3) is 0.250. The predicted molar refractivity (Wildman–Crippen MR) is 102 cm³/mol. The Morgan fingerprint density at radius 1 is 1.00 bits per heavy atom. The van der Waals surface area contributed by atoms with Gasteiger partial charge in [-0.25, -0.2) is 4.79 Å². The molecule has 0 heterocycles. The average Bonchev–Trinajstić information content (AvgIpc) is 2.65. The molecule has 0 bridgehead atoms. The molecule has 6 heteroatoms. The second-order valence-electron chi connectivity index (χ2n) is 5.62. The van der Waals surface area contributed by atoms with Crippen LogP contribution in [0.1, 0.15) is 18.1 Å². The minimum atomic E-state index is -0.370. The SMILES string of the molecule is CCOC(=O)COc1ccc(/C=C/c2ccc(/N=N/N(C)C)cc2)cc1. The summed E-state index contributed by atoms with van der Waals surface area (Å²) in [6.45, 7) is 2.03. The second-order valence-corrected chi connectivity index (χ2v) is 5.62. The first kappa shape index (κ1) is 19.2. The van der Waals surface area contributed by atoms with Crippen LogP contribution in [-0.2, 0) is 9.53 Å². The van der Waals surface area contributed by atoms with Gasteiger partial charge in [0.1, 0.15) is 5.75 Å². The Morgan fingerprint density at radius 3 is 2.12 bits per heavy atom. The van der Waals surface area contributed by atoms with E-state index in [1.54, 1.807) is 11.9 Å². The monoisotopic (exact) mass is 353 g/mol. The maximum absolute atomic E-state index is 11.3. The zero-order valence-electron chi connectivity index (χ0n) is 15.3. The number of esters is 1. The number of carbonyl (C=O) groups excluding carboxylic acids is 1. The quantitative estimate of drug-likeness (QED) is 0.306. The molecule has 0 saturated carbocycles. The van der Waals surface area contributed by atoms with Crippen LogP contribution in [-0.4, -0.2) is 38.3 Å². The molecule has 6 nitrogen and oxygen atoms in total. The van der Waals surface area contributed by atoms with Gasteiger partial charge >= 0.3 is 5.97 Å². The van der Waals surface area contributed by atoms with E-state index in [9.17, 15) is 4.79 Å². The van der Waals surface area contributed by atoms with E-state index >= 15 is 0 Å². The Morgan fingerprint density at radius 2 is 1.58 bits per heavy atom. The molecule has 0 fully saturated rings. The fourth-order valence-corrected chi connectivity index (χ4v) is 2.01. The Hall–Kier alpha value is -3.15. The largest absolute Gasteiger partial charge is 0.482 e. The van der Waals surface area contributed by atoms with E-state index in [0.29, 0.717) is 12.4 Å². The van der Waals surface area contributed by atoms with E-state index in [-0.39, 0.29) is 12.6 Å². The lowest BCUT2D eigenvalue weighted by Gasteiger charge is -2.05. The van der Waals surface area contributed by atoms with Crippen molar-refractivity contribution in [2.24, 2.45) is 10.3 Å². The lowest BCUT2D eigenvalue weighted by Crippen LogP contribution is -2.14. The number of hydrogen-bond acceptors (Lipinski definition) is 5. The third-order valence-electron chi connectivity index (χ3n) is 3.24. The molecule has 0 unspecified atom stereocenters. The van der Waals surface area contributed by atoms with Crippen molar-refractivity contribution < 1.29 is 14.3 Å². The van der Waals surface area contributed by atoms with Gasteiger partial charge in [-0.15, -0.1) is 5.11 Å². The lowest BCUT2D eigenvalue weighted by atomic mass is 10.1. The first-order valence-corrected chi connectivity index (χ1v) is 8.32. The van der Waals surface area contributed by atoms with Gasteiger partial charge in [0.05, 0.1) is 12.3 Å². The highest BCUT2D eigenvalue weighted by Gasteiger charge is 2.02. The number of carbonyl (C=O) groups is 1. The first-order chi connectivity index (χ1) is 12.6. The molecule has 0 aliphatic carbocycles. The Balaban J connectivity index is 1.90. The highest BCUT2D eigenvalue weighted by molar-refractivity contribution is 5.71. The van der Waals surface area contributed by atoms with Crippen molar-refractivity contribution in [2.75, 3.05) is 27.3 Å². The van der Waals surface area contributed by atoms with E-state index in [1.807, 2.05) is 74.8 Å². The van der Waals surface area contributed by atoms with Crippen molar-refractivity contribution in [1.82, 2.24) is 5.01 Å². The van der Waals surface area contributed by atoms with Gasteiger partial charge in [0, 0.05) is 14.1 Å². The molecular formula is C20H23N3O3. The van der Waals surface area contributed by atoms with Crippen LogP contribution in [0.5, 0.6) is 5.75 Å². The van der Waals surface area contributed by atoms with E-state index in [2.05, 4.69) is 10.3 Å². The van der Waals surface area contributed by atoms with Gasteiger partial charge in [0.2, 0.25) is 0 Å². The van der Waals surface area contributed by atoms with Crippen LogP contribution >= 0.6 is 0 Å². The molecule has 0 saturated heterocycles. The van der Waals surface area contributed by atoms with Gasteiger partial charge in [-0.2, -0.15) is 0 Å². The fourth-order valence-electron chi connectivity index (χ4n) is 2.01. The van der Waals surface area contributed by atoms with Gasteiger partial charge in [0.25, 0.3) is 0 Å². The minimum Gasteiger partial charge on any atom is -0.482 e. The molecule has 0 radical (unpaired) electrons. The number of rotatable bonds is 8. The van der Waals surface area contributed by atoms with Crippen LogP contribution in [0, 0.1) is 0 Å². The molecule has 0 spiro atoms. The predicted octanol–water partition coefficient (Wildman–Crippen LogP) is 4.36. The summed E-state index contributed by atoms with van der Waals surface area (Å²) in [4.78, 5) is 11.3. The molecule has 0 atom stereocenters. The molecule has 0 aliphatic rings.